The van der Waals surface area contributed by atoms with Crippen LogP contribution >= 0.6 is 0 Å². The Balaban J connectivity index is 2.59. The third-order valence-electron chi connectivity index (χ3n) is 2.86. The van der Waals surface area contributed by atoms with Crippen molar-refractivity contribution in [2.45, 2.75) is 26.4 Å². The molecule has 0 saturated carbocycles. The molecule has 1 aromatic heterocycles. The fourth-order valence-corrected chi connectivity index (χ4v) is 1.98. The highest BCUT2D eigenvalue weighted by molar-refractivity contribution is 6.01. The zero-order valence-corrected chi connectivity index (χ0v) is 12.8. The zero-order chi connectivity index (χ0) is 16.5. The van der Waals surface area contributed by atoms with Crippen LogP contribution < -0.4 is 10.4 Å². The maximum absolute atomic E-state index is 12.0. The van der Waals surface area contributed by atoms with Gasteiger partial charge >= 0.3 is 11.6 Å². The fraction of sp³-hybridized carbons (Fsp3) is 0.312. The quantitative estimate of drug-likeness (QED) is 0.492. The van der Waals surface area contributed by atoms with Gasteiger partial charge in [0, 0.05) is 5.39 Å². The van der Waals surface area contributed by atoms with Crippen LogP contribution in [-0.4, -0.2) is 25.0 Å². The Kier molecular flexibility index (Phi) is 4.03. The van der Waals surface area contributed by atoms with Crippen molar-refractivity contribution in [1.82, 2.24) is 0 Å². The van der Waals surface area contributed by atoms with Crippen LogP contribution in [0.2, 0.25) is 0 Å². The van der Waals surface area contributed by atoms with Crippen LogP contribution in [0.15, 0.2) is 27.4 Å². The van der Waals surface area contributed by atoms with E-state index in [0.29, 0.717) is 11.7 Å². The Morgan fingerprint density at radius 2 is 1.95 bits per heavy atom. The van der Waals surface area contributed by atoms with Crippen molar-refractivity contribution in [3.05, 3.63) is 39.7 Å². The van der Waals surface area contributed by atoms with Gasteiger partial charge in [-0.3, -0.25) is 4.79 Å². The van der Waals surface area contributed by atoms with Crippen molar-refractivity contribution < 1.29 is 23.5 Å². The Labute approximate surface area is 126 Å². The highest BCUT2D eigenvalue weighted by Crippen LogP contribution is 2.24. The number of hydrogen-bond donors (Lipinski definition) is 0. The van der Waals surface area contributed by atoms with Crippen LogP contribution in [-0.2, 0) is 4.74 Å². The third-order valence-corrected chi connectivity index (χ3v) is 2.86. The van der Waals surface area contributed by atoms with Crippen molar-refractivity contribution in [3.63, 3.8) is 0 Å². The molecule has 0 atom stereocenters. The summed E-state index contributed by atoms with van der Waals surface area (Å²) in [6.07, 6.45) is 0.519. The number of fused-ring (bicyclic) bond motifs is 1. The minimum atomic E-state index is -0.779. The molecule has 0 fully saturated rings. The molecule has 22 heavy (non-hydrogen) atoms. The molecule has 0 radical (unpaired) electrons. The zero-order valence-electron chi connectivity index (χ0n) is 12.8. The van der Waals surface area contributed by atoms with Crippen LogP contribution in [0.25, 0.3) is 11.0 Å². The molecule has 6 nitrogen and oxygen atoms in total. The van der Waals surface area contributed by atoms with Gasteiger partial charge in [-0.05, 0) is 39.0 Å². The largest absolute Gasteiger partial charge is 0.489 e. The molecule has 0 aliphatic carbocycles. The first kappa shape index (κ1) is 15.8. The molecule has 6 heteroatoms. The number of esters is 1. The second kappa shape index (κ2) is 5.63. The lowest BCUT2D eigenvalue weighted by Crippen LogP contribution is -2.23. The lowest BCUT2D eigenvalue weighted by molar-refractivity contribution is 0.00695. The summed E-state index contributed by atoms with van der Waals surface area (Å²) in [7, 11) is 1.28. The van der Waals surface area contributed by atoms with Crippen LogP contribution in [0.1, 0.15) is 41.5 Å². The smallest absolute Gasteiger partial charge is 0.379 e. The van der Waals surface area contributed by atoms with Crippen LogP contribution in [0.4, 0.5) is 0 Å². The van der Waals surface area contributed by atoms with Crippen molar-refractivity contribution in [2.24, 2.45) is 0 Å². The molecule has 2 aromatic rings. The minimum Gasteiger partial charge on any atom is -0.489 e. The molecule has 0 spiro atoms. The summed E-state index contributed by atoms with van der Waals surface area (Å²) in [6.45, 7) is 5.25. The van der Waals surface area contributed by atoms with Crippen LogP contribution in [0.3, 0.4) is 0 Å². The predicted octanol–water partition coefficient (Wildman–Crippen LogP) is 2.57. The maximum Gasteiger partial charge on any atom is 0.379 e. The van der Waals surface area contributed by atoms with Crippen molar-refractivity contribution in [3.8, 4) is 5.75 Å². The van der Waals surface area contributed by atoms with Gasteiger partial charge in [0.15, 0.2) is 6.29 Å². The maximum atomic E-state index is 12.0. The standard InChI is InChI=1S/C16H16O6/c1-16(2,3)22-14(18)9-5-6-10-11(8-17)13(20-4)15(19)21-12(10)7-9/h5-8H,1-4H3. The van der Waals surface area contributed by atoms with Gasteiger partial charge < -0.3 is 13.9 Å². The second-order valence-electron chi connectivity index (χ2n) is 5.67. The molecule has 0 saturated heterocycles. The molecule has 0 bridgehead atoms. The lowest BCUT2D eigenvalue weighted by atomic mass is 10.1. The molecule has 1 heterocycles. The van der Waals surface area contributed by atoms with E-state index in [-0.39, 0.29) is 22.5 Å². The van der Waals surface area contributed by atoms with Gasteiger partial charge in [0.05, 0.1) is 18.2 Å². The Morgan fingerprint density at radius 1 is 1.27 bits per heavy atom. The molecule has 2 rings (SSSR count). The first-order valence-electron chi connectivity index (χ1n) is 6.60. The summed E-state index contributed by atoms with van der Waals surface area (Å²) in [6, 6.07) is 4.39. The van der Waals surface area contributed by atoms with E-state index >= 15 is 0 Å². The van der Waals surface area contributed by atoms with Gasteiger partial charge in [0.2, 0.25) is 5.75 Å². The molecule has 0 N–H and O–H groups in total. The van der Waals surface area contributed by atoms with E-state index in [9.17, 15) is 14.4 Å². The van der Waals surface area contributed by atoms with E-state index in [1.807, 2.05) is 0 Å². The highest BCUT2D eigenvalue weighted by Gasteiger charge is 2.20. The molecule has 0 aliphatic rings. The van der Waals surface area contributed by atoms with Gasteiger partial charge in [-0.1, -0.05) is 0 Å². The fourth-order valence-electron chi connectivity index (χ4n) is 1.98. The first-order chi connectivity index (χ1) is 10.3. The number of benzene rings is 1. The van der Waals surface area contributed by atoms with Crippen LogP contribution in [0, 0.1) is 0 Å². The summed E-state index contributed by atoms with van der Waals surface area (Å²) in [5.74, 6) is -0.701. The average molecular weight is 304 g/mol. The van der Waals surface area contributed by atoms with Gasteiger partial charge in [0.25, 0.3) is 0 Å². The lowest BCUT2D eigenvalue weighted by Gasteiger charge is -2.19. The Morgan fingerprint density at radius 3 is 2.50 bits per heavy atom. The first-order valence-corrected chi connectivity index (χ1v) is 6.60. The van der Waals surface area contributed by atoms with Crippen molar-refractivity contribution in [2.75, 3.05) is 7.11 Å². The summed E-state index contributed by atoms with van der Waals surface area (Å²) < 4.78 is 15.2. The molecule has 0 unspecified atom stereocenters. The van der Waals surface area contributed by atoms with E-state index in [4.69, 9.17) is 13.9 Å². The van der Waals surface area contributed by atoms with E-state index in [1.54, 1.807) is 20.8 Å². The normalized spacial score (nSPS) is 11.3. The van der Waals surface area contributed by atoms with Gasteiger partial charge in [-0.2, -0.15) is 0 Å². The average Bonchev–Trinajstić information content (AvgIpc) is 2.43. The molecular formula is C16H16O6. The van der Waals surface area contributed by atoms with Gasteiger partial charge in [0.1, 0.15) is 11.2 Å². The number of hydrogen-bond acceptors (Lipinski definition) is 6. The van der Waals surface area contributed by atoms with Crippen molar-refractivity contribution >= 4 is 23.2 Å². The van der Waals surface area contributed by atoms with Crippen molar-refractivity contribution in [1.29, 1.82) is 0 Å². The number of rotatable bonds is 3. The monoisotopic (exact) mass is 304 g/mol. The number of carbonyl (C=O) groups excluding carboxylic acids is 2. The molecule has 0 amide bonds. The summed E-state index contributed by atoms with van der Waals surface area (Å²) in [5, 5.41) is 0.388. The van der Waals surface area contributed by atoms with E-state index < -0.39 is 17.2 Å². The molecular weight excluding hydrogens is 288 g/mol. The van der Waals surface area contributed by atoms with Gasteiger partial charge in [-0.15, -0.1) is 0 Å². The predicted molar refractivity (Wildman–Crippen MR) is 79.6 cm³/mol. The SMILES string of the molecule is COc1c(C=O)c2ccc(C(=O)OC(C)(C)C)cc2oc1=O. The minimum absolute atomic E-state index is 0.0875. The van der Waals surface area contributed by atoms with E-state index in [0.717, 1.165) is 0 Å². The summed E-state index contributed by atoms with van der Waals surface area (Å²) in [4.78, 5) is 35.0. The summed E-state index contributed by atoms with van der Waals surface area (Å²) >= 11 is 0. The Hall–Kier alpha value is -2.63. The highest BCUT2D eigenvalue weighted by atomic mass is 16.6. The third kappa shape index (κ3) is 3.00. The topological polar surface area (TPSA) is 82.8 Å². The molecule has 116 valence electrons. The molecule has 1 aromatic carbocycles. The number of methoxy groups -OCH3 is 1. The van der Waals surface area contributed by atoms with E-state index in [2.05, 4.69) is 0 Å². The molecule has 0 aliphatic heterocycles. The number of carbonyl (C=O) groups is 2. The number of ether oxygens (including phenoxy) is 2. The van der Waals surface area contributed by atoms with Gasteiger partial charge in [-0.25, -0.2) is 9.59 Å². The summed E-state index contributed by atoms with van der Waals surface area (Å²) in [5.41, 5.74) is -0.979. The Bertz CT molecular complexity index is 795. The van der Waals surface area contributed by atoms with E-state index in [1.165, 1.54) is 25.3 Å². The second-order valence-corrected chi connectivity index (χ2v) is 5.67. The number of aldehydes is 1. The van der Waals surface area contributed by atoms with Crippen LogP contribution in [0.5, 0.6) is 5.75 Å².